The standard InChI is InChI=1S/C16H16ClNO/c1-10(2)18-8-11-9-19-16-13-6-4-3-5-12(13)15(17)7-14(11)16/h3-7,9-10,18H,8H2,1-2H3. The highest BCUT2D eigenvalue weighted by atomic mass is 35.5. The zero-order valence-corrected chi connectivity index (χ0v) is 11.8. The highest BCUT2D eigenvalue weighted by Gasteiger charge is 2.12. The van der Waals surface area contributed by atoms with E-state index in [1.165, 1.54) is 0 Å². The van der Waals surface area contributed by atoms with Gasteiger partial charge in [0.2, 0.25) is 0 Å². The van der Waals surface area contributed by atoms with E-state index in [9.17, 15) is 0 Å². The molecule has 0 saturated carbocycles. The van der Waals surface area contributed by atoms with E-state index in [2.05, 4.69) is 19.2 Å². The van der Waals surface area contributed by atoms with Crippen LogP contribution in [0, 0.1) is 0 Å². The van der Waals surface area contributed by atoms with Crippen LogP contribution >= 0.6 is 11.6 Å². The molecule has 2 aromatic carbocycles. The highest BCUT2D eigenvalue weighted by molar-refractivity contribution is 6.37. The van der Waals surface area contributed by atoms with Gasteiger partial charge in [0, 0.05) is 39.3 Å². The Morgan fingerprint density at radius 3 is 2.63 bits per heavy atom. The Bertz CT molecular complexity index is 730. The SMILES string of the molecule is CC(C)NCc1coc2c1cc(Cl)c1ccccc12. The molecule has 98 valence electrons. The minimum absolute atomic E-state index is 0.445. The molecular weight excluding hydrogens is 258 g/mol. The molecular formula is C16H16ClNO. The summed E-state index contributed by atoms with van der Waals surface area (Å²) in [7, 11) is 0. The number of hydrogen-bond acceptors (Lipinski definition) is 2. The fourth-order valence-electron chi connectivity index (χ4n) is 2.31. The van der Waals surface area contributed by atoms with Crippen molar-refractivity contribution in [3.05, 3.63) is 47.2 Å². The van der Waals surface area contributed by atoms with Gasteiger partial charge in [-0.2, -0.15) is 0 Å². The van der Waals surface area contributed by atoms with Crippen LogP contribution < -0.4 is 5.32 Å². The molecule has 1 N–H and O–H groups in total. The van der Waals surface area contributed by atoms with Crippen molar-refractivity contribution in [2.75, 3.05) is 0 Å². The molecule has 1 heterocycles. The van der Waals surface area contributed by atoms with Crippen molar-refractivity contribution in [1.29, 1.82) is 0 Å². The lowest BCUT2D eigenvalue weighted by Gasteiger charge is -2.07. The van der Waals surface area contributed by atoms with Crippen molar-refractivity contribution in [3.63, 3.8) is 0 Å². The molecule has 3 aromatic rings. The first-order valence-corrected chi connectivity index (χ1v) is 6.85. The number of furan rings is 1. The lowest BCUT2D eigenvalue weighted by Crippen LogP contribution is -2.21. The quantitative estimate of drug-likeness (QED) is 0.746. The van der Waals surface area contributed by atoms with Crippen LogP contribution in [-0.2, 0) is 6.54 Å². The molecule has 2 nitrogen and oxygen atoms in total. The Balaban J connectivity index is 2.18. The Morgan fingerprint density at radius 1 is 1.16 bits per heavy atom. The topological polar surface area (TPSA) is 25.2 Å². The van der Waals surface area contributed by atoms with E-state index in [0.717, 1.165) is 38.9 Å². The predicted molar refractivity (Wildman–Crippen MR) is 80.7 cm³/mol. The maximum atomic E-state index is 6.37. The second-order valence-corrected chi connectivity index (χ2v) is 5.48. The van der Waals surface area contributed by atoms with Gasteiger partial charge in [0.15, 0.2) is 0 Å². The van der Waals surface area contributed by atoms with Crippen LogP contribution in [0.3, 0.4) is 0 Å². The van der Waals surface area contributed by atoms with E-state index >= 15 is 0 Å². The Labute approximate surface area is 117 Å². The monoisotopic (exact) mass is 273 g/mol. The number of halogens is 1. The molecule has 0 radical (unpaired) electrons. The molecule has 0 atom stereocenters. The van der Waals surface area contributed by atoms with Crippen molar-refractivity contribution in [3.8, 4) is 0 Å². The van der Waals surface area contributed by atoms with Crippen molar-refractivity contribution < 1.29 is 4.42 Å². The van der Waals surface area contributed by atoms with Gasteiger partial charge in [-0.05, 0) is 6.07 Å². The maximum absolute atomic E-state index is 6.37. The summed E-state index contributed by atoms with van der Waals surface area (Å²) in [5.74, 6) is 0. The third-order valence-corrected chi connectivity index (χ3v) is 3.62. The zero-order chi connectivity index (χ0) is 13.4. The second kappa shape index (κ2) is 4.87. The largest absolute Gasteiger partial charge is 0.463 e. The van der Waals surface area contributed by atoms with E-state index < -0.39 is 0 Å². The predicted octanol–water partition coefficient (Wildman–Crippen LogP) is 4.74. The summed E-state index contributed by atoms with van der Waals surface area (Å²) in [5.41, 5.74) is 2.07. The molecule has 0 saturated heterocycles. The lowest BCUT2D eigenvalue weighted by molar-refractivity contribution is 0.573. The molecule has 0 bridgehead atoms. The number of fused-ring (bicyclic) bond motifs is 3. The fraction of sp³-hybridized carbons (Fsp3) is 0.250. The fourth-order valence-corrected chi connectivity index (χ4v) is 2.59. The van der Waals surface area contributed by atoms with Gasteiger partial charge in [-0.3, -0.25) is 0 Å². The van der Waals surface area contributed by atoms with Crippen LogP contribution in [0.25, 0.3) is 21.7 Å². The summed E-state index contributed by atoms with van der Waals surface area (Å²) >= 11 is 6.37. The first kappa shape index (κ1) is 12.5. The Morgan fingerprint density at radius 2 is 1.89 bits per heavy atom. The van der Waals surface area contributed by atoms with Crippen LogP contribution in [0.4, 0.5) is 0 Å². The molecule has 3 heteroatoms. The number of nitrogens with one attached hydrogen (secondary N) is 1. The summed E-state index contributed by atoms with van der Waals surface area (Å²) < 4.78 is 5.75. The van der Waals surface area contributed by atoms with E-state index in [1.807, 2.05) is 36.6 Å². The Hall–Kier alpha value is -1.51. The van der Waals surface area contributed by atoms with Crippen molar-refractivity contribution in [2.45, 2.75) is 26.4 Å². The smallest absolute Gasteiger partial charge is 0.142 e. The van der Waals surface area contributed by atoms with E-state index in [0.29, 0.717) is 6.04 Å². The van der Waals surface area contributed by atoms with Crippen LogP contribution in [0.5, 0.6) is 0 Å². The van der Waals surface area contributed by atoms with Crippen LogP contribution in [0.1, 0.15) is 19.4 Å². The van der Waals surface area contributed by atoms with E-state index in [1.54, 1.807) is 0 Å². The molecule has 0 fully saturated rings. The second-order valence-electron chi connectivity index (χ2n) is 5.08. The highest BCUT2D eigenvalue weighted by Crippen LogP contribution is 2.34. The summed E-state index contributed by atoms with van der Waals surface area (Å²) in [4.78, 5) is 0. The minimum Gasteiger partial charge on any atom is -0.463 e. The third kappa shape index (κ3) is 2.22. The van der Waals surface area contributed by atoms with Gasteiger partial charge >= 0.3 is 0 Å². The molecule has 0 unspecified atom stereocenters. The normalized spacial score (nSPS) is 11.8. The zero-order valence-electron chi connectivity index (χ0n) is 11.0. The lowest BCUT2D eigenvalue weighted by atomic mass is 10.1. The van der Waals surface area contributed by atoms with Gasteiger partial charge in [0.05, 0.1) is 6.26 Å². The van der Waals surface area contributed by atoms with Gasteiger partial charge in [-0.1, -0.05) is 49.7 Å². The maximum Gasteiger partial charge on any atom is 0.142 e. The van der Waals surface area contributed by atoms with Crippen LogP contribution in [-0.4, -0.2) is 6.04 Å². The van der Waals surface area contributed by atoms with Crippen molar-refractivity contribution >= 4 is 33.3 Å². The molecule has 0 spiro atoms. The number of benzene rings is 2. The number of rotatable bonds is 3. The molecule has 0 aliphatic carbocycles. The van der Waals surface area contributed by atoms with E-state index in [4.69, 9.17) is 16.0 Å². The summed E-state index contributed by atoms with van der Waals surface area (Å²) in [6, 6.07) is 10.5. The molecule has 3 rings (SSSR count). The molecule has 19 heavy (non-hydrogen) atoms. The summed E-state index contributed by atoms with van der Waals surface area (Å²) in [5, 5.41) is 7.38. The Kier molecular flexibility index (Phi) is 3.21. The number of hydrogen-bond donors (Lipinski definition) is 1. The minimum atomic E-state index is 0.445. The molecule has 0 aliphatic rings. The average molecular weight is 274 g/mol. The van der Waals surface area contributed by atoms with E-state index in [-0.39, 0.29) is 0 Å². The summed E-state index contributed by atoms with van der Waals surface area (Å²) in [6.45, 7) is 5.05. The molecule has 0 aliphatic heterocycles. The van der Waals surface area contributed by atoms with Crippen molar-refractivity contribution in [2.24, 2.45) is 0 Å². The first-order chi connectivity index (χ1) is 9.16. The molecule has 1 aromatic heterocycles. The van der Waals surface area contributed by atoms with Gasteiger partial charge in [0.25, 0.3) is 0 Å². The van der Waals surface area contributed by atoms with Crippen molar-refractivity contribution in [1.82, 2.24) is 5.32 Å². The van der Waals surface area contributed by atoms with Crippen LogP contribution in [0.15, 0.2) is 41.0 Å². The van der Waals surface area contributed by atoms with Gasteiger partial charge < -0.3 is 9.73 Å². The first-order valence-electron chi connectivity index (χ1n) is 6.47. The molecule has 0 amide bonds. The van der Waals surface area contributed by atoms with Gasteiger partial charge in [-0.15, -0.1) is 0 Å². The van der Waals surface area contributed by atoms with Gasteiger partial charge in [-0.25, -0.2) is 0 Å². The van der Waals surface area contributed by atoms with Crippen LogP contribution in [0.2, 0.25) is 5.02 Å². The third-order valence-electron chi connectivity index (χ3n) is 3.31. The summed E-state index contributed by atoms with van der Waals surface area (Å²) in [6.07, 6.45) is 1.82. The average Bonchev–Trinajstić information content (AvgIpc) is 2.80. The van der Waals surface area contributed by atoms with Gasteiger partial charge in [0.1, 0.15) is 5.58 Å².